The fraction of sp³-hybridized carbons (Fsp3) is 0.227. The molecule has 0 aromatic heterocycles. The average molecular weight is 479 g/mol. The van der Waals surface area contributed by atoms with E-state index in [-0.39, 0.29) is 11.8 Å². The van der Waals surface area contributed by atoms with Crippen LogP contribution >= 0.6 is 47.2 Å². The first-order valence-corrected chi connectivity index (χ1v) is 11.5. The standard InChI is InChI=1S/C22H20Cl2N2O2S2/c23-16-10-7-11-17(20(16)24)25-19(27)12-5-2-6-13-26-21(28)18(30-22(26)29)14-15-8-3-1-4-9-15/h1,3-4,7-11,14H,2,5-6,12-13H2,(H,25,27)/b18-14-. The van der Waals surface area contributed by atoms with Crippen molar-refractivity contribution in [3.8, 4) is 0 Å². The third-order valence-corrected chi connectivity index (χ3v) is 6.68. The molecule has 0 saturated carbocycles. The van der Waals surface area contributed by atoms with E-state index in [1.165, 1.54) is 11.8 Å². The molecule has 1 aliphatic heterocycles. The number of anilines is 1. The third-order valence-electron chi connectivity index (χ3n) is 4.48. The minimum absolute atomic E-state index is 0.0535. The first-order chi connectivity index (χ1) is 14.5. The van der Waals surface area contributed by atoms with Crippen molar-refractivity contribution in [2.75, 3.05) is 11.9 Å². The van der Waals surface area contributed by atoms with Gasteiger partial charge in [-0.2, -0.15) is 0 Å². The van der Waals surface area contributed by atoms with E-state index in [4.69, 9.17) is 35.4 Å². The molecule has 2 amide bonds. The van der Waals surface area contributed by atoms with Gasteiger partial charge in [-0.05, 0) is 36.6 Å². The highest BCUT2D eigenvalue weighted by Gasteiger charge is 2.31. The Morgan fingerprint density at radius 1 is 1.07 bits per heavy atom. The Morgan fingerprint density at radius 2 is 1.83 bits per heavy atom. The van der Waals surface area contributed by atoms with Gasteiger partial charge in [-0.3, -0.25) is 14.5 Å². The molecular formula is C22H20Cl2N2O2S2. The van der Waals surface area contributed by atoms with Crippen molar-refractivity contribution in [1.29, 1.82) is 0 Å². The van der Waals surface area contributed by atoms with Crippen molar-refractivity contribution < 1.29 is 9.59 Å². The van der Waals surface area contributed by atoms with Crippen molar-refractivity contribution in [3.63, 3.8) is 0 Å². The Hall–Kier alpha value is -1.86. The monoisotopic (exact) mass is 478 g/mol. The van der Waals surface area contributed by atoms with Crippen molar-refractivity contribution in [2.24, 2.45) is 0 Å². The summed E-state index contributed by atoms with van der Waals surface area (Å²) in [6, 6.07) is 14.8. The van der Waals surface area contributed by atoms with Gasteiger partial charge in [0.1, 0.15) is 4.32 Å². The Labute approximate surface area is 195 Å². The summed E-state index contributed by atoms with van der Waals surface area (Å²) < 4.78 is 0.579. The Bertz CT molecular complexity index is 980. The summed E-state index contributed by atoms with van der Waals surface area (Å²) in [6.45, 7) is 0.554. The first-order valence-electron chi connectivity index (χ1n) is 9.50. The van der Waals surface area contributed by atoms with E-state index in [1.54, 1.807) is 23.1 Å². The minimum Gasteiger partial charge on any atom is -0.325 e. The van der Waals surface area contributed by atoms with Gasteiger partial charge in [-0.25, -0.2) is 0 Å². The largest absolute Gasteiger partial charge is 0.325 e. The lowest BCUT2D eigenvalue weighted by Crippen LogP contribution is -2.29. The zero-order valence-corrected chi connectivity index (χ0v) is 19.2. The Morgan fingerprint density at radius 3 is 2.60 bits per heavy atom. The number of benzene rings is 2. The van der Waals surface area contributed by atoms with E-state index >= 15 is 0 Å². The molecule has 0 unspecified atom stereocenters. The van der Waals surface area contributed by atoms with Crippen LogP contribution in [0.5, 0.6) is 0 Å². The van der Waals surface area contributed by atoms with Crippen LogP contribution in [0.1, 0.15) is 31.2 Å². The maximum absolute atomic E-state index is 12.6. The number of unbranched alkanes of at least 4 members (excludes halogenated alkanes) is 2. The Balaban J connectivity index is 1.41. The number of thiocarbonyl (C=S) groups is 1. The fourth-order valence-corrected chi connectivity index (χ4v) is 4.60. The summed E-state index contributed by atoms with van der Waals surface area (Å²) in [6.07, 6.45) is 4.53. The molecule has 156 valence electrons. The van der Waals surface area contributed by atoms with E-state index in [9.17, 15) is 9.59 Å². The molecule has 0 spiro atoms. The number of thioether (sulfide) groups is 1. The number of nitrogens with zero attached hydrogens (tertiary/aromatic N) is 1. The first kappa shape index (κ1) is 22.8. The van der Waals surface area contributed by atoms with E-state index in [0.717, 1.165) is 18.4 Å². The van der Waals surface area contributed by atoms with Crippen LogP contribution in [0.15, 0.2) is 53.4 Å². The number of rotatable bonds is 8. The van der Waals surface area contributed by atoms with Gasteiger partial charge in [0.15, 0.2) is 0 Å². The maximum atomic E-state index is 12.6. The lowest BCUT2D eigenvalue weighted by atomic mass is 10.1. The van der Waals surface area contributed by atoms with Gasteiger partial charge in [-0.15, -0.1) is 0 Å². The lowest BCUT2D eigenvalue weighted by molar-refractivity contribution is -0.122. The molecule has 1 heterocycles. The van der Waals surface area contributed by atoms with E-state index in [1.807, 2.05) is 36.4 Å². The maximum Gasteiger partial charge on any atom is 0.266 e. The highest BCUT2D eigenvalue weighted by Crippen LogP contribution is 2.33. The molecule has 0 bridgehead atoms. The van der Waals surface area contributed by atoms with Crippen LogP contribution in [0.2, 0.25) is 10.0 Å². The van der Waals surface area contributed by atoms with E-state index in [2.05, 4.69) is 5.32 Å². The highest BCUT2D eigenvalue weighted by molar-refractivity contribution is 8.26. The second-order valence-corrected chi connectivity index (χ2v) is 9.17. The summed E-state index contributed by atoms with van der Waals surface area (Å²) in [4.78, 5) is 27.0. The van der Waals surface area contributed by atoms with Crippen molar-refractivity contribution in [2.45, 2.75) is 25.7 Å². The SMILES string of the molecule is O=C(CCCCCN1C(=O)/C(=C/c2ccccc2)SC1=S)Nc1cccc(Cl)c1Cl. The van der Waals surface area contributed by atoms with Gasteiger partial charge in [0.2, 0.25) is 5.91 Å². The summed E-state index contributed by atoms with van der Waals surface area (Å²) >= 11 is 18.7. The van der Waals surface area contributed by atoms with Crippen LogP contribution in [0.4, 0.5) is 5.69 Å². The zero-order chi connectivity index (χ0) is 21.5. The highest BCUT2D eigenvalue weighted by atomic mass is 35.5. The van der Waals surface area contributed by atoms with Crippen LogP contribution in [0, 0.1) is 0 Å². The van der Waals surface area contributed by atoms with Crippen molar-refractivity contribution >= 4 is 75.1 Å². The van der Waals surface area contributed by atoms with Crippen molar-refractivity contribution in [3.05, 3.63) is 69.0 Å². The molecule has 1 saturated heterocycles. The molecule has 4 nitrogen and oxygen atoms in total. The topological polar surface area (TPSA) is 49.4 Å². The van der Waals surface area contributed by atoms with Crippen LogP contribution in [-0.4, -0.2) is 27.6 Å². The zero-order valence-electron chi connectivity index (χ0n) is 16.1. The molecule has 3 rings (SSSR count). The number of nitrogens with one attached hydrogen (secondary N) is 1. The second-order valence-electron chi connectivity index (χ2n) is 6.70. The van der Waals surface area contributed by atoms with Crippen LogP contribution in [0.25, 0.3) is 6.08 Å². The number of carbonyl (C=O) groups is 2. The van der Waals surface area contributed by atoms with Crippen LogP contribution < -0.4 is 5.32 Å². The number of hydrogen-bond acceptors (Lipinski definition) is 4. The van der Waals surface area contributed by atoms with Gasteiger partial charge >= 0.3 is 0 Å². The molecular weight excluding hydrogens is 459 g/mol. The smallest absolute Gasteiger partial charge is 0.266 e. The summed E-state index contributed by atoms with van der Waals surface area (Å²) in [5, 5.41) is 3.52. The van der Waals surface area contributed by atoms with Gasteiger partial charge in [0.05, 0.1) is 20.6 Å². The predicted molar refractivity (Wildman–Crippen MR) is 130 cm³/mol. The quantitative estimate of drug-likeness (QED) is 0.271. The van der Waals surface area contributed by atoms with E-state index in [0.29, 0.717) is 44.3 Å². The van der Waals surface area contributed by atoms with Gasteiger partial charge in [0.25, 0.3) is 5.91 Å². The van der Waals surface area contributed by atoms with Gasteiger partial charge < -0.3 is 5.32 Å². The molecule has 30 heavy (non-hydrogen) atoms. The lowest BCUT2D eigenvalue weighted by Gasteiger charge is -2.14. The molecule has 1 fully saturated rings. The predicted octanol–water partition coefficient (Wildman–Crippen LogP) is 6.39. The number of halogens is 2. The summed E-state index contributed by atoms with van der Waals surface area (Å²) in [5.74, 6) is -0.169. The van der Waals surface area contributed by atoms with Crippen LogP contribution in [0.3, 0.4) is 0 Å². The molecule has 1 N–H and O–H groups in total. The van der Waals surface area contributed by atoms with Crippen molar-refractivity contribution in [1.82, 2.24) is 4.90 Å². The van der Waals surface area contributed by atoms with Crippen LogP contribution in [-0.2, 0) is 9.59 Å². The molecule has 2 aromatic carbocycles. The molecule has 8 heteroatoms. The third kappa shape index (κ3) is 6.08. The minimum atomic E-state index is -0.115. The molecule has 0 radical (unpaired) electrons. The van der Waals surface area contributed by atoms with E-state index < -0.39 is 0 Å². The molecule has 1 aliphatic rings. The number of carbonyl (C=O) groups excluding carboxylic acids is 2. The summed E-state index contributed by atoms with van der Waals surface area (Å²) in [5.41, 5.74) is 1.49. The molecule has 2 aromatic rings. The number of amides is 2. The van der Waals surface area contributed by atoms with Gasteiger partial charge in [-0.1, -0.05) is 90.0 Å². The van der Waals surface area contributed by atoms with Gasteiger partial charge in [0, 0.05) is 13.0 Å². The normalized spacial score (nSPS) is 15.1. The second kappa shape index (κ2) is 11.0. The molecule has 0 aliphatic carbocycles. The molecule has 0 atom stereocenters. The average Bonchev–Trinajstić information content (AvgIpc) is 2.99. The Kier molecular flexibility index (Phi) is 8.33. The summed E-state index contributed by atoms with van der Waals surface area (Å²) in [7, 11) is 0. The fourth-order valence-electron chi connectivity index (χ4n) is 2.94. The number of hydrogen-bond donors (Lipinski definition) is 1.